The Labute approximate surface area is 52.1 Å². The predicted molar refractivity (Wildman–Crippen MR) is 20.2 cm³/mol. The third-order valence-corrected chi connectivity index (χ3v) is 0. The molecule has 0 rings (SSSR count). The molecule has 0 heterocycles. The third kappa shape index (κ3) is 96.3. The van der Waals surface area contributed by atoms with Gasteiger partial charge in [0.2, 0.25) is 0 Å². The van der Waals surface area contributed by atoms with Crippen LogP contribution in [0, 0.1) is 0 Å². The molecule has 0 N–H and O–H groups in total. The Bertz CT molecular complexity index is 58.2. The molecule has 0 radical (unpaired) electrons. The summed E-state index contributed by atoms with van der Waals surface area (Å²) in [5.41, 5.74) is 27.0. The van der Waals surface area contributed by atoms with Crippen LogP contribution in [0.25, 0.3) is 31.9 Å². The van der Waals surface area contributed by atoms with Gasteiger partial charge in [-0.25, -0.2) is 0 Å². The van der Waals surface area contributed by atoms with Crippen LogP contribution in [0.15, 0.2) is 0 Å². The van der Waals surface area contributed by atoms with E-state index in [4.69, 9.17) is 22.1 Å². The van der Waals surface area contributed by atoms with Crippen molar-refractivity contribution in [2.45, 2.75) is 0 Å². The maximum Gasteiger partial charge on any atom is 2.00 e. The van der Waals surface area contributed by atoms with E-state index in [1.807, 2.05) is 0 Å². The van der Waals surface area contributed by atoms with E-state index in [0.29, 0.717) is 0 Å². The van der Waals surface area contributed by atoms with Gasteiger partial charge in [0, 0.05) is 0 Å². The zero-order chi connectivity index (χ0) is 5.41. The Morgan fingerprint density at radius 2 is 0.714 bits per heavy atom. The van der Waals surface area contributed by atoms with E-state index in [9.17, 15) is 0 Å². The molecule has 0 aliphatic rings. The van der Waals surface area contributed by atoms with Crippen LogP contribution in [-0.4, -0.2) is 0 Å². The van der Waals surface area contributed by atoms with E-state index in [1.165, 1.54) is 9.82 Å². The summed E-state index contributed by atoms with van der Waals surface area (Å²) in [5.74, 6) is 0. The van der Waals surface area contributed by atoms with Crippen molar-refractivity contribution < 1.29 is 19.5 Å². The van der Waals surface area contributed by atoms with E-state index >= 15 is 0 Å². The van der Waals surface area contributed by atoms with Gasteiger partial charge in [-0.3, -0.25) is 9.82 Å². The molecule has 0 atom stereocenters. The van der Waals surface area contributed by atoms with E-state index in [2.05, 4.69) is 0 Å². The molecule has 0 spiro atoms. The topological polar surface area (TPSA) is 117 Å². The molecule has 0 unspecified atom stereocenters. The first-order valence-corrected chi connectivity index (χ1v) is 0.800. The van der Waals surface area contributed by atoms with Gasteiger partial charge in [0.25, 0.3) is 0 Å². The Balaban J connectivity index is -0.0000000400. The molecule has 0 aliphatic heterocycles. The standard InChI is InChI=1S/2N3.Zn/c2*1-3-2;/q2*-1;+2. The molecule has 7 heavy (non-hydrogen) atoms. The minimum atomic E-state index is 0. The van der Waals surface area contributed by atoms with Gasteiger partial charge in [0.1, 0.15) is 0 Å². The Kier molecular flexibility index (Phi) is 142. The van der Waals surface area contributed by atoms with Gasteiger partial charge in [-0.1, -0.05) is 0 Å². The third-order valence-electron chi connectivity index (χ3n) is 0. The fourth-order valence-corrected chi connectivity index (χ4v) is 0. The molecule has 0 bridgehead atoms. The van der Waals surface area contributed by atoms with Crippen LogP contribution in [-0.2, 0) is 19.5 Å². The molecule has 32 valence electrons. The number of nitrogens with zero attached hydrogens (tertiary/aromatic N) is 6. The van der Waals surface area contributed by atoms with Crippen molar-refractivity contribution in [3.63, 3.8) is 0 Å². The first-order chi connectivity index (χ1) is 2.83. The summed E-state index contributed by atoms with van der Waals surface area (Å²) in [4.78, 5) is 3.00. The minimum absolute atomic E-state index is 0. The van der Waals surface area contributed by atoms with Gasteiger partial charge in [0.05, 0.1) is 0 Å². The Morgan fingerprint density at radius 3 is 0.714 bits per heavy atom. The number of rotatable bonds is 0. The maximum absolute atomic E-state index is 6.75. The monoisotopic (exact) mass is 148 g/mol. The summed E-state index contributed by atoms with van der Waals surface area (Å²) in [7, 11) is 0. The van der Waals surface area contributed by atoms with Crippen LogP contribution >= 0.6 is 0 Å². The molecular formula is N6Zn. The van der Waals surface area contributed by atoms with Gasteiger partial charge in [-0.15, -0.1) is 0 Å². The maximum atomic E-state index is 6.75. The molecule has 0 fully saturated rings. The van der Waals surface area contributed by atoms with Crippen LogP contribution in [0.1, 0.15) is 0 Å². The summed E-state index contributed by atoms with van der Waals surface area (Å²) in [5, 5.41) is 0. The Hall–Kier alpha value is -0.757. The summed E-state index contributed by atoms with van der Waals surface area (Å²) >= 11 is 0. The predicted octanol–water partition coefficient (Wildman–Crippen LogP) is 1.73. The average Bonchev–Trinajstić information content (AvgIpc) is 1.39. The van der Waals surface area contributed by atoms with Gasteiger partial charge in [-0.2, -0.15) is 0 Å². The molecule has 0 amide bonds. The smallest absolute Gasteiger partial charge is 0.373 e. The normalized spacial score (nSPS) is 2.29. The molecule has 0 aromatic heterocycles. The SMILES string of the molecule is [N-]=[N+]=[N-].[N-]=[N+]=[N-].[Zn+2]. The fourth-order valence-electron chi connectivity index (χ4n) is 0. The van der Waals surface area contributed by atoms with Gasteiger partial charge in [0.15, 0.2) is 0 Å². The largest absolute Gasteiger partial charge is 2.00 e. The number of hydrogen-bond donors (Lipinski definition) is 0. The van der Waals surface area contributed by atoms with E-state index in [1.54, 1.807) is 0 Å². The quantitative estimate of drug-likeness (QED) is 0.216. The van der Waals surface area contributed by atoms with Crippen molar-refractivity contribution in [3.8, 4) is 0 Å². The zero-order valence-electron chi connectivity index (χ0n) is 3.39. The second-order valence-corrected chi connectivity index (χ2v) is 0.179. The summed E-state index contributed by atoms with van der Waals surface area (Å²) in [6.45, 7) is 0. The van der Waals surface area contributed by atoms with Crippen LogP contribution in [0.2, 0.25) is 0 Å². The van der Waals surface area contributed by atoms with Crippen molar-refractivity contribution in [1.82, 2.24) is 0 Å². The molecule has 0 aliphatic carbocycles. The van der Waals surface area contributed by atoms with Crippen LogP contribution < -0.4 is 0 Å². The van der Waals surface area contributed by atoms with Crippen LogP contribution in [0.5, 0.6) is 0 Å². The van der Waals surface area contributed by atoms with E-state index in [-0.39, 0.29) is 19.5 Å². The second-order valence-electron chi connectivity index (χ2n) is 0.179. The Morgan fingerprint density at radius 1 is 0.714 bits per heavy atom. The molecular weight excluding hydrogens is 149 g/mol. The van der Waals surface area contributed by atoms with Gasteiger partial charge < -0.3 is 22.1 Å². The van der Waals surface area contributed by atoms with Crippen molar-refractivity contribution in [3.05, 3.63) is 31.9 Å². The number of hydrogen-bond acceptors (Lipinski definition) is 0. The molecule has 0 aromatic carbocycles. The summed E-state index contributed by atoms with van der Waals surface area (Å²) < 4.78 is 0. The first kappa shape index (κ1) is 16.3. The molecule has 0 saturated carbocycles. The summed E-state index contributed by atoms with van der Waals surface area (Å²) in [6, 6.07) is 0. The van der Waals surface area contributed by atoms with Gasteiger partial charge in [-0.05, 0) is 0 Å². The van der Waals surface area contributed by atoms with Crippen molar-refractivity contribution in [2.75, 3.05) is 0 Å². The van der Waals surface area contributed by atoms with Crippen LogP contribution in [0.4, 0.5) is 0 Å². The second kappa shape index (κ2) is 61.1. The van der Waals surface area contributed by atoms with E-state index < -0.39 is 0 Å². The molecule has 7 heteroatoms. The molecule has 0 saturated heterocycles. The molecule has 0 aromatic rings. The fraction of sp³-hybridized carbons (Fsp3) is 0. The van der Waals surface area contributed by atoms with Gasteiger partial charge >= 0.3 is 19.5 Å². The van der Waals surface area contributed by atoms with Crippen molar-refractivity contribution in [1.29, 1.82) is 0 Å². The van der Waals surface area contributed by atoms with Crippen molar-refractivity contribution in [2.24, 2.45) is 0 Å². The molecule has 6 nitrogen and oxygen atoms in total. The average molecular weight is 149 g/mol. The first-order valence-electron chi connectivity index (χ1n) is 0.800. The summed E-state index contributed by atoms with van der Waals surface area (Å²) in [6.07, 6.45) is 0. The van der Waals surface area contributed by atoms with E-state index in [0.717, 1.165) is 0 Å². The van der Waals surface area contributed by atoms with Crippen molar-refractivity contribution >= 4 is 0 Å². The minimum Gasteiger partial charge on any atom is -0.373 e. The van der Waals surface area contributed by atoms with Crippen LogP contribution in [0.3, 0.4) is 0 Å². The zero-order valence-corrected chi connectivity index (χ0v) is 6.36.